The molecule has 0 bridgehead atoms. The van der Waals surface area contributed by atoms with Gasteiger partial charge in [0.2, 0.25) is 0 Å². The van der Waals surface area contributed by atoms with Crippen LogP contribution in [0.3, 0.4) is 0 Å². The number of likely N-dealkylation sites (N-methyl/N-ethyl adjacent to an activating group) is 1. The lowest BCUT2D eigenvalue weighted by Crippen LogP contribution is -2.32. The van der Waals surface area contributed by atoms with Crippen LogP contribution >= 0.6 is 0 Å². The van der Waals surface area contributed by atoms with Crippen molar-refractivity contribution in [3.63, 3.8) is 0 Å². The van der Waals surface area contributed by atoms with E-state index in [4.69, 9.17) is 0 Å². The van der Waals surface area contributed by atoms with Crippen molar-refractivity contribution in [3.8, 4) is 0 Å². The summed E-state index contributed by atoms with van der Waals surface area (Å²) in [4.78, 5) is 4.09. The second kappa shape index (κ2) is 6.86. The van der Waals surface area contributed by atoms with Crippen molar-refractivity contribution < 1.29 is 8.42 Å². The minimum absolute atomic E-state index is 0.102. The molecule has 0 atom stereocenters. The van der Waals surface area contributed by atoms with Crippen LogP contribution in [0.25, 0.3) is 0 Å². The molecule has 0 radical (unpaired) electrons. The van der Waals surface area contributed by atoms with E-state index in [1.807, 2.05) is 25.3 Å². The third kappa shape index (κ3) is 4.08. The molecule has 0 amide bonds. The molecule has 0 aliphatic heterocycles. The summed E-state index contributed by atoms with van der Waals surface area (Å²) in [7, 11) is -3.48. The van der Waals surface area contributed by atoms with E-state index in [0.717, 1.165) is 25.3 Å². The van der Waals surface area contributed by atoms with Gasteiger partial charge in [-0.25, -0.2) is 18.1 Å². The Bertz CT molecular complexity index is 467. The van der Waals surface area contributed by atoms with Gasteiger partial charge < -0.3 is 9.88 Å². The molecule has 2 N–H and O–H groups in total. The Hall–Kier alpha value is -0.920. The maximum atomic E-state index is 12.0. The Morgan fingerprint density at radius 3 is 2.67 bits per heavy atom. The predicted molar refractivity (Wildman–Crippen MR) is 71.0 cm³/mol. The summed E-state index contributed by atoms with van der Waals surface area (Å²) >= 11 is 0. The molecule has 0 aromatic carbocycles. The van der Waals surface area contributed by atoms with Crippen LogP contribution in [0.1, 0.15) is 26.1 Å². The van der Waals surface area contributed by atoms with E-state index in [1.54, 1.807) is 6.20 Å². The molecule has 1 aromatic heterocycles. The third-order valence-corrected chi connectivity index (χ3v) is 3.87. The molecule has 0 aliphatic rings. The van der Waals surface area contributed by atoms with Crippen LogP contribution < -0.4 is 10.0 Å². The van der Waals surface area contributed by atoms with Gasteiger partial charge in [0.15, 0.2) is 5.03 Å². The zero-order chi connectivity index (χ0) is 13.6. The summed E-state index contributed by atoms with van der Waals surface area (Å²) < 4.78 is 28.3. The van der Waals surface area contributed by atoms with Gasteiger partial charge in [-0.1, -0.05) is 13.8 Å². The van der Waals surface area contributed by atoms with E-state index in [2.05, 4.69) is 15.0 Å². The normalized spacial score (nSPS) is 11.9. The van der Waals surface area contributed by atoms with E-state index >= 15 is 0 Å². The number of aryl methyl sites for hydroxylation is 2. The fourth-order valence-electron chi connectivity index (χ4n) is 1.60. The molecule has 1 rings (SSSR count). The molecule has 0 spiro atoms. The van der Waals surface area contributed by atoms with Crippen LogP contribution in [0.2, 0.25) is 0 Å². The van der Waals surface area contributed by atoms with Crippen LogP contribution in [-0.4, -0.2) is 37.6 Å². The predicted octanol–water partition coefficient (Wildman–Crippen LogP) is 0.489. The molecule has 6 nitrogen and oxygen atoms in total. The van der Waals surface area contributed by atoms with Crippen molar-refractivity contribution in [3.05, 3.63) is 12.0 Å². The summed E-state index contributed by atoms with van der Waals surface area (Å²) in [6, 6.07) is 0. The first-order valence-electron chi connectivity index (χ1n) is 6.25. The number of rotatable bonds is 8. The highest BCUT2D eigenvalue weighted by Crippen LogP contribution is 2.09. The molecule has 0 aliphatic carbocycles. The summed E-state index contributed by atoms with van der Waals surface area (Å²) in [6.07, 6.45) is 2.54. The molecular weight excluding hydrogens is 252 g/mol. The first kappa shape index (κ1) is 15.1. The van der Waals surface area contributed by atoms with E-state index in [0.29, 0.717) is 13.1 Å². The Labute approximate surface area is 109 Å². The highest BCUT2D eigenvalue weighted by molar-refractivity contribution is 7.89. The van der Waals surface area contributed by atoms with Crippen LogP contribution in [-0.2, 0) is 16.6 Å². The van der Waals surface area contributed by atoms with Gasteiger partial charge in [-0.15, -0.1) is 0 Å². The molecule has 0 saturated carbocycles. The number of sulfonamides is 1. The minimum atomic E-state index is -3.48. The smallest absolute Gasteiger partial charge is 0.259 e. The van der Waals surface area contributed by atoms with Gasteiger partial charge in [0, 0.05) is 25.8 Å². The molecule has 0 saturated heterocycles. The van der Waals surface area contributed by atoms with Gasteiger partial charge in [0.25, 0.3) is 10.0 Å². The standard InChI is InChI=1S/C11H22N4O2S/c1-4-8-15-9-11(14-10(15)3)18(16,17)13-7-6-12-5-2/h9,12-13H,4-8H2,1-3H3. The van der Waals surface area contributed by atoms with E-state index < -0.39 is 10.0 Å². The molecule has 104 valence electrons. The first-order chi connectivity index (χ1) is 8.51. The quantitative estimate of drug-likeness (QED) is 0.676. The van der Waals surface area contributed by atoms with Crippen molar-refractivity contribution in [1.29, 1.82) is 0 Å². The van der Waals surface area contributed by atoms with Gasteiger partial charge in [0.1, 0.15) is 5.82 Å². The fourth-order valence-corrected chi connectivity index (χ4v) is 2.64. The average molecular weight is 274 g/mol. The van der Waals surface area contributed by atoms with Gasteiger partial charge in [0.05, 0.1) is 0 Å². The number of nitrogens with zero attached hydrogens (tertiary/aromatic N) is 2. The minimum Gasteiger partial charge on any atom is -0.334 e. The number of imidazole rings is 1. The first-order valence-corrected chi connectivity index (χ1v) is 7.73. The molecule has 7 heteroatoms. The number of hydrogen-bond acceptors (Lipinski definition) is 4. The van der Waals surface area contributed by atoms with Gasteiger partial charge in [-0.2, -0.15) is 0 Å². The van der Waals surface area contributed by atoms with Crippen LogP contribution in [0.4, 0.5) is 0 Å². The summed E-state index contributed by atoms with van der Waals surface area (Å²) in [5, 5.41) is 3.16. The number of hydrogen-bond donors (Lipinski definition) is 2. The monoisotopic (exact) mass is 274 g/mol. The van der Waals surface area contributed by atoms with Crippen LogP contribution in [0.5, 0.6) is 0 Å². The second-order valence-electron chi connectivity index (χ2n) is 4.07. The lowest BCUT2D eigenvalue weighted by molar-refractivity contribution is 0.574. The zero-order valence-electron chi connectivity index (χ0n) is 11.2. The maximum absolute atomic E-state index is 12.0. The van der Waals surface area contributed by atoms with E-state index in [1.165, 1.54) is 0 Å². The Kier molecular flexibility index (Phi) is 5.77. The summed E-state index contributed by atoms with van der Waals surface area (Å²) in [5.74, 6) is 0.726. The highest BCUT2D eigenvalue weighted by Gasteiger charge is 2.18. The van der Waals surface area contributed by atoms with Crippen molar-refractivity contribution in [1.82, 2.24) is 19.6 Å². The van der Waals surface area contributed by atoms with Gasteiger partial charge in [-0.05, 0) is 19.9 Å². The second-order valence-corrected chi connectivity index (χ2v) is 5.78. The average Bonchev–Trinajstić information content (AvgIpc) is 2.68. The maximum Gasteiger partial charge on any atom is 0.259 e. The fraction of sp³-hybridized carbons (Fsp3) is 0.727. The zero-order valence-corrected chi connectivity index (χ0v) is 12.0. The van der Waals surface area contributed by atoms with E-state index in [9.17, 15) is 8.42 Å². The third-order valence-electron chi connectivity index (χ3n) is 2.54. The Morgan fingerprint density at radius 2 is 2.06 bits per heavy atom. The van der Waals surface area contributed by atoms with Crippen molar-refractivity contribution in [2.24, 2.45) is 0 Å². The lowest BCUT2D eigenvalue weighted by Gasteiger charge is -2.04. The highest BCUT2D eigenvalue weighted by atomic mass is 32.2. The topological polar surface area (TPSA) is 76.0 Å². The molecule has 0 fully saturated rings. The van der Waals surface area contributed by atoms with Crippen molar-refractivity contribution >= 4 is 10.0 Å². The number of nitrogens with one attached hydrogen (secondary N) is 2. The van der Waals surface area contributed by atoms with Crippen molar-refractivity contribution in [2.75, 3.05) is 19.6 Å². The Balaban J connectivity index is 2.69. The van der Waals surface area contributed by atoms with Crippen LogP contribution in [0, 0.1) is 6.92 Å². The molecule has 1 aromatic rings. The van der Waals surface area contributed by atoms with Gasteiger partial charge >= 0.3 is 0 Å². The molecule has 0 unspecified atom stereocenters. The Morgan fingerprint density at radius 1 is 1.33 bits per heavy atom. The van der Waals surface area contributed by atoms with E-state index in [-0.39, 0.29) is 5.03 Å². The number of aromatic nitrogens is 2. The molecule has 18 heavy (non-hydrogen) atoms. The largest absolute Gasteiger partial charge is 0.334 e. The summed E-state index contributed by atoms with van der Waals surface area (Å²) in [5.41, 5.74) is 0. The van der Waals surface area contributed by atoms with Crippen LogP contribution in [0.15, 0.2) is 11.2 Å². The molecule has 1 heterocycles. The lowest BCUT2D eigenvalue weighted by atomic mass is 10.5. The van der Waals surface area contributed by atoms with Crippen molar-refractivity contribution in [2.45, 2.75) is 38.8 Å². The SMILES string of the molecule is CCCn1cc(S(=O)(=O)NCCNCC)nc1C. The van der Waals surface area contributed by atoms with Gasteiger partial charge in [-0.3, -0.25) is 0 Å². The molecular formula is C11H22N4O2S. The summed E-state index contributed by atoms with van der Waals surface area (Å²) in [6.45, 7) is 8.43.